The highest BCUT2D eigenvalue weighted by Crippen LogP contribution is 2.36. The predicted octanol–water partition coefficient (Wildman–Crippen LogP) is 3.88. The molecule has 3 unspecified atom stereocenters. The number of rotatable bonds is 13. The van der Waals surface area contributed by atoms with Crippen LogP contribution in [0.15, 0.2) is 60.7 Å². The first-order valence-electron chi connectivity index (χ1n) is 16.5. The Morgan fingerprint density at radius 1 is 0.977 bits per heavy atom. The molecular formula is C35H49N5O4. The van der Waals surface area contributed by atoms with Crippen LogP contribution in [0.1, 0.15) is 62.5 Å². The summed E-state index contributed by atoms with van der Waals surface area (Å²) in [5, 5.41) is 9.16. The summed E-state index contributed by atoms with van der Waals surface area (Å²) in [5.41, 5.74) is 1.41. The molecule has 1 spiro atoms. The van der Waals surface area contributed by atoms with Gasteiger partial charge in [0.15, 0.2) is 0 Å². The smallest absolute Gasteiger partial charge is 0.407 e. The predicted molar refractivity (Wildman–Crippen MR) is 171 cm³/mol. The van der Waals surface area contributed by atoms with Crippen LogP contribution in [0.25, 0.3) is 0 Å². The number of likely N-dealkylation sites (tertiary alicyclic amines) is 2. The number of hydrogen-bond donors (Lipinski definition) is 3. The fourth-order valence-electron chi connectivity index (χ4n) is 7.13. The molecule has 3 aliphatic rings. The number of hydrogen-bond acceptors (Lipinski definition) is 6. The normalized spacial score (nSPS) is 25.9. The third-order valence-electron chi connectivity index (χ3n) is 9.85. The van der Waals surface area contributed by atoms with E-state index in [2.05, 4.69) is 57.1 Å². The molecule has 44 heavy (non-hydrogen) atoms. The van der Waals surface area contributed by atoms with Crippen molar-refractivity contribution in [2.45, 2.75) is 82.0 Å². The first kappa shape index (κ1) is 32.0. The summed E-state index contributed by atoms with van der Waals surface area (Å²) in [6, 6.07) is 20.1. The van der Waals surface area contributed by atoms with Gasteiger partial charge in [0.1, 0.15) is 18.2 Å². The summed E-state index contributed by atoms with van der Waals surface area (Å²) in [4.78, 5) is 44.2. The lowest BCUT2D eigenvalue weighted by Gasteiger charge is -2.50. The van der Waals surface area contributed by atoms with E-state index in [0.717, 1.165) is 51.0 Å². The van der Waals surface area contributed by atoms with E-state index in [1.807, 2.05) is 36.4 Å². The molecule has 2 aromatic carbocycles. The van der Waals surface area contributed by atoms with Crippen molar-refractivity contribution < 1.29 is 19.1 Å². The Morgan fingerprint density at radius 2 is 1.73 bits per heavy atom. The van der Waals surface area contributed by atoms with Crippen molar-refractivity contribution in [3.8, 4) is 0 Å². The molecule has 9 heteroatoms. The van der Waals surface area contributed by atoms with Gasteiger partial charge in [0.2, 0.25) is 11.8 Å². The van der Waals surface area contributed by atoms with Crippen LogP contribution in [0.4, 0.5) is 4.79 Å². The van der Waals surface area contributed by atoms with Gasteiger partial charge >= 0.3 is 6.09 Å². The van der Waals surface area contributed by atoms with Crippen molar-refractivity contribution in [3.05, 3.63) is 71.8 Å². The first-order valence-corrected chi connectivity index (χ1v) is 16.5. The summed E-state index contributed by atoms with van der Waals surface area (Å²) < 4.78 is 5.26. The number of benzene rings is 2. The minimum Gasteiger partial charge on any atom is -0.445 e. The second-order valence-corrected chi connectivity index (χ2v) is 12.8. The maximum absolute atomic E-state index is 13.8. The van der Waals surface area contributed by atoms with Gasteiger partial charge in [-0.15, -0.1) is 0 Å². The number of carbonyl (C=O) groups is 3. The van der Waals surface area contributed by atoms with E-state index in [0.29, 0.717) is 38.3 Å². The monoisotopic (exact) mass is 603 g/mol. The standard InChI is InChI=1S/C35H49N5O4/c1-39-22-10-15-30(39)18-17-29-25-40(23-19-27-11-4-2-5-12-27)24-20-35(29)33(42)37-31(32(41)38-35)16-8-9-21-36-34(43)44-26-28-13-6-3-7-14-28/h2-7,11-14,29-31H,8-10,15-26H2,1H3,(H,36,43)(H,37,42)(H,38,41)/t29?,30?,31-,35?/m0/s1. The Kier molecular flexibility index (Phi) is 11.3. The van der Waals surface area contributed by atoms with E-state index in [1.165, 1.54) is 18.4 Å². The van der Waals surface area contributed by atoms with Gasteiger partial charge in [-0.1, -0.05) is 60.7 Å². The molecule has 3 amide bonds. The Balaban J connectivity index is 1.10. The number of ether oxygens (including phenoxy) is 1. The fraction of sp³-hybridized carbons (Fsp3) is 0.571. The highest BCUT2D eigenvalue weighted by molar-refractivity contribution is 6.00. The van der Waals surface area contributed by atoms with E-state index in [4.69, 9.17) is 4.74 Å². The van der Waals surface area contributed by atoms with E-state index >= 15 is 0 Å². The summed E-state index contributed by atoms with van der Waals surface area (Å²) in [6.45, 7) is 4.37. The number of carbonyl (C=O) groups excluding carboxylic acids is 3. The average Bonchev–Trinajstić information content (AvgIpc) is 3.46. The summed E-state index contributed by atoms with van der Waals surface area (Å²) in [6.07, 6.45) is 7.48. The molecule has 238 valence electrons. The fourth-order valence-corrected chi connectivity index (χ4v) is 7.13. The summed E-state index contributed by atoms with van der Waals surface area (Å²) in [5.74, 6) is -0.0465. The Labute approximate surface area is 262 Å². The van der Waals surface area contributed by atoms with Crippen LogP contribution >= 0.6 is 0 Å². The maximum atomic E-state index is 13.8. The molecule has 3 N–H and O–H groups in total. The van der Waals surface area contributed by atoms with Gasteiger partial charge in [0.05, 0.1) is 0 Å². The molecule has 3 saturated heterocycles. The Bertz CT molecular complexity index is 1230. The van der Waals surface area contributed by atoms with E-state index in [9.17, 15) is 14.4 Å². The van der Waals surface area contributed by atoms with Crippen LogP contribution in [-0.4, -0.2) is 85.1 Å². The number of nitrogens with one attached hydrogen (secondary N) is 3. The molecule has 3 fully saturated rings. The quantitative estimate of drug-likeness (QED) is 0.301. The zero-order valence-electron chi connectivity index (χ0n) is 26.1. The van der Waals surface area contributed by atoms with Crippen LogP contribution < -0.4 is 16.0 Å². The highest BCUT2D eigenvalue weighted by atomic mass is 16.5. The van der Waals surface area contributed by atoms with Crippen molar-refractivity contribution in [1.29, 1.82) is 0 Å². The van der Waals surface area contributed by atoms with Gasteiger partial charge in [-0.3, -0.25) is 9.59 Å². The summed E-state index contributed by atoms with van der Waals surface area (Å²) in [7, 11) is 2.20. The lowest BCUT2D eigenvalue weighted by atomic mass is 9.72. The lowest BCUT2D eigenvalue weighted by molar-refractivity contribution is -0.147. The number of piperazine rings is 1. The van der Waals surface area contributed by atoms with E-state index in [-0.39, 0.29) is 24.3 Å². The molecule has 0 aliphatic carbocycles. The average molecular weight is 604 g/mol. The van der Waals surface area contributed by atoms with E-state index in [1.54, 1.807) is 0 Å². The topological polar surface area (TPSA) is 103 Å². The first-order chi connectivity index (χ1) is 21.4. The van der Waals surface area contributed by atoms with Crippen LogP contribution in [0, 0.1) is 5.92 Å². The Hall–Kier alpha value is -3.43. The molecule has 0 radical (unpaired) electrons. The second-order valence-electron chi connectivity index (χ2n) is 12.8. The Morgan fingerprint density at radius 3 is 2.45 bits per heavy atom. The van der Waals surface area contributed by atoms with Crippen LogP contribution in [0.2, 0.25) is 0 Å². The van der Waals surface area contributed by atoms with Gasteiger partial charge in [0.25, 0.3) is 0 Å². The van der Waals surface area contributed by atoms with Crippen molar-refractivity contribution in [3.63, 3.8) is 0 Å². The van der Waals surface area contributed by atoms with Crippen LogP contribution in [-0.2, 0) is 27.4 Å². The second kappa shape index (κ2) is 15.5. The van der Waals surface area contributed by atoms with Crippen molar-refractivity contribution in [1.82, 2.24) is 25.8 Å². The summed E-state index contributed by atoms with van der Waals surface area (Å²) >= 11 is 0. The molecule has 3 heterocycles. The van der Waals surface area contributed by atoms with Gasteiger partial charge in [-0.25, -0.2) is 4.79 Å². The minimum atomic E-state index is -0.849. The van der Waals surface area contributed by atoms with Gasteiger partial charge in [0, 0.05) is 38.1 Å². The lowest BCUT2D eigenvalue weighted by Crippen LogP contribution is -2.75. The van der Waals surface area contributed by atoms with Crippen molar-refractivity contribution in [2.24, 2.45) is 5.92 Å². The maximum Gasteiger partial charge on any atom is 0.407 e. The molecule has 9 nitrogen and oxygen atoms in total. The molecule has 0 bridgehead atoms. The van der Waals surface area contributed by atoms with Crippen LogP contribution in [0.3, 0.4) is 0 Å². The van der Waals surface area contributed by atoms with Crippen LogP contribution in [0.5, 0.6) is 0 Å². The molecular weight excluding hydrogens is 554 g/mol. The van der Waals surface area contributed by atoms with Crippen molar-refractivity contribution in [2.75, 3.05) is 39.8 Å². The zero-order valence-corrected chi connectivity index (χ0v) is 26.1. The van der Waals surface area contributed by atoms with Crippen molar-refractivity contribution >= 4 is 17.9 Å². The largest absolute Gasteiger partial charge is 0.445 e. The number of alkyl carbamates (subject to hydrolysis) is 1. The molecule has 3 aliphatic heterocycles. The molecule has 4 atom stereocenters. The third kappa shape index (κ3) is 8.39. The molecule has 0 saturated carbocycles. The molecule has 0 aromatic heterocycles. The number of nitrogens with zero attached hydrogens (tertiary/aromatic N) is 2. The van der Waals surface area contributed by atoms with Gasteiger partial charge in [-0.05, 0) is 82.5 Å². The molecule has 5 rings (SSSR count). The van der Waals surface area contributed by atoms with Gasteiger partial charge < -0.3 is 30.5 Å². The zero-order chi connectivity index (χ0) is 30.8. The SMILES string of the molecule is CN1CCCC1CCC1CN(CCc2ccccc2)CCC12NC(=O)[C@H](CCCCNC(=O)OCc1ccccc1)NC2=O. The van der Waals surface area contributed by atoms with Gasteiger partial charge in [-0.2, -0.15) is 0 Å². The minimum absolute atomic E-state index is 0.0304. The number of piperidine rings is 1. The highest BCUT2D eigenvalue weighted by Gasteiger charge is 2.53. The molecule has 2 aromatic rings. The third-order valence-corrected chi connectivity index (χ3v) is 9.85. The number of unbranched alkanes of at least 4 members (excludes halogenated alkanes) is 1. The van der Waals surface area contributed by atoms with E-state index < -0.39 is 17.7 Å². The number of amides is 3.